The van der Waals surface area contributed by atoms with E-state index in [1.165, 1.54) is 0 Å². The summed E-state index contributed by atoms with van der Waals surface area (Å²) in [7, 11) is 0. The molecule has 4 aromatic rings. The number of anilines is 1. The molecule has 2 aliphatic rings. The molecule has 2 fully saturated rings. The topological polar surface area (TPSA) is 118 Å². The van der Waals surface area contributed by atoms with Gasteiger partial charge in [-0.2, -0.15) is 5.10 Å². The summed E-state index contributed by atoms with van der Waals surface area (Å²) in [6, 6.07) is 17.5. The zero-order chi connectivity index (χ0) is 26.1. The molecule has 2 aliphatic heterocycles. The van der Waals surface area contributed by atoms with Crippen LogP contribution in [0.15, 0.2) is 77.7 Å². The molecule has 9 nitrogen and oxygen atoms in total. The van der Waals surface area contributed by atoms with Crippen LogP contribution in [0.1, 0.15) is 30.7 Å². The first-order chi connectivity index (χ1) is 18.6. The number of aromatic nitrogens is 3. The summed E-state index contributed by atoms with van der Waals surface area (Å²) in [6.07, 6.45) is 8.39. The summed E-state index contributed by atoms with van der Waals surface area (Å²) in [4.78, 5) is 27.8. The van der Waals surface area contributed by atoms with Crippen LogP contribution in [0.2, 0.25) is 0 Å². The Balaban J connectivity index is 1.31. The van der Waals surface area contributed by atoms with Gasteiger partial charge in [-0.25, -0.2) is 5.10 Å². The number of nitrogens with zero attached hydrogens (tertiary/aromatic N) is 3. The Labute approximate surface area is 219 Å². The van der Waals surface area contributed by atoms with Crippen LogP contribution in [-0.2, 0) is 4.79 Å². The van der Waals surface area contributed by atoms with Gasteiger partial charge in [0.1, 0.15) is 17.0 Å². The molecule has 0 aliphatic carbocycles. The summed E-state index contributed by atoms with van der Waals surface area (Å²) >= 11 is 0. The summed E-state index contributed by atoms with van der Waals surface area (Å²) in [5.74, 6) is 1.72. The van der Waals surface area contributed by atoms with E-state index in [1.54, 1.807) is 6.08 Å². The van der Waals surface area contributed by atoms with Gasteiger partial charge in [0.2, 0.25) is 5.91 Å². The molecule has 2 saturated heterocycles. The third kappa shape index (κ3) is 4.68. The monoisotopic (exact) mass is 510 g/mol. The molecule has 9 heteroatoms. The van der Waals surface area contributed by atoms with Crippen molar-refractivity contribution < 1.29 is 9.53 Å². The number of carbonyl (C=O) groups excluding carboxylic acids is 1. The highest BCUT2D eigenvalue weighted by molar-refractivity contribution is 5.92. The fourth-order valence-corrected chi connectivity index (χ4v) is 5.26. The summed E-state index contributed by atoms with van der Waals surface area (Å²) < 4.78 is 7.85. The number of likely N-dealkylation sites (tertiary alicyclic amines) is 1. The fourth-order valence-electron chi connectivity index (χ4n) is 5.26. The van der Waals surface area contributed by atoms with Crippen molar-refractivity contribution in [3.63, 3.8) is 0 Å². The predicted octanol–water partition coefficient (Wildman–Crippen LogP) is 3.71. The molecule has 0 radical (unpaired) electrons. The van der Waals surface area contributed by atoms with Crippen LogP contribution < -0.4 is 21.3 Å². The number of piperidine rings is 1. The number of hydrogen-bond acceptors (Lipinski definition) is 6. The van der Waals surface area contributed by atoms with E-state index >= 15 is 0 Å². The molecule has 0 unspecified atom stereocenters. The second-order valence-electron chi connectivity index (χ2n) is 9.86. The summed E-state index contributed by atoms with van der Waals surface area (Å²) in [5.41, 5.74) is 8.29. The van der Waals surface area contributed by atoms with Crippen LogP contribution in [0.3, 0.4) is 0 Å². The van der Waals surface area contributed by atoms with E-state index in [4.69, 9.17) is 10.5 Å². The molecule has 0 bridgehead atoms. The zero-order valence-corrected chi connectivity index (χ0v) is 21.0. The van der Waals surface area contributed by atoms with E-state index in [0.29, 0.717) is 29.7 Å². The maximum absolute atomic E-state index is 13.0. The van der Waals surface area contributed by atoms with Crippen molar-refractivity contribution in [1.82, 2.24) is 25.0 Å². The molecule has 4 N–H and O–H groups in total. The van der Waals surface area contributed by atoms with E-state index in [1.807, 2.05) is 76.3 Å². The first kappa shape index (κ1) is 24.0. The minimum atomic E-state index is -0.286. The number of benzene rings is 2. The molecule has 0 spiro atoms. The molecular weight excluding hydrogens is 480 g/mol. The Morgan fingerprint density at radius 1 is 1.08 bits per heavy atom. The lowest BCUT2D eigenvalue weighted by Gasteiger charge is -2.32. The second kappa shape index (κ2) is 10.2. The van der Waals surface area contributed by atoms with E-state index in [0.717, 1.165) is 42.8 Å². The number of H-pyrrole nitrogens is 1. The van der Waals surface area contributed by atoms with Crippen LogP contribution in [0, 0.1) is 0 Å². The zero-order valence-electron chi connectivity index (χ0n) is 21.0. The molecule has 194 valence electrons. The highest BCUT2D eigenvalue weighted by atomic mass is 16.5. The van der Waals surface area contributed by atoms with E-state index in [2.05, 4.69) is 15.5 Å². The van der Waals surface area contributed by atoms with Gasteiger partial charge < -0.3 is 25.3 Å². The maximum Gasteiger partial charge on any atom is 0.274 e. The van der Waals surface area contributed by atoms with Crippen LogP contribution in [0.4, 0.5) is 5.82 Å². The lowest BCUT2D eigenvalue weighted by molar-refractivity contribution is -0.127. The molecule has 2 aromatic heterocycles. The maximum atomic E-state index is 13.0. The Bertz CT molecular complexity index is 1540. The van der Waals surface area contributed by atoms with Gasteiger partial charge in [0, 0.05) is 43.0 Å². The second-order valence-corrected chi connectivity index (χ2v) is 9.86. The number of amides is 1. The Hall–Kier alpha value is -4.37. The summed E-state index contributed by atoms with van der Waals surface area (Å²) in [6.45, 7) is 2.25. The van der Waals surface area contributed by atoms with Gasteiger partial charge >= 0.3 is 0 Å². The number of nitrogens with two attached hydrogens (primary N) is 1. The van der Waals surface area contributed by atoms with Gasteiger partial charge in [-0.05, 0) is 67.8 Å². The van der Waals surface area contributed by atoms with Crippen LogP contribution in [0.25, 0.3) is 16.6 Å². The minimum Gasteiger partial charge on any atom is -0.457 e. The number of para-hydroxylation sites is 1. The quantitative estimate of drug-likeness (QED) is 0.340. The van der Waals surface area contributed by atoms with Crippen LogP contribution >= 0.6 is 0 Å². The number of nitrogen functional groups attached to an aromatic ring is 1. The smallest absolute Gasteiger partial charge is 0.274 e. The Morgan fingerprint density at radius 3 is 2.58 bits per heavy atom. The molecule has 2 atom stereocenters. The fraction of sp³-hybridized carbons (Fsp3) is 0.276. The number of hydrogen-bond donors (Lipinski definition) is 3. The highest BCUT2D eigenvalue weighted by Gasteiger charge is 2.29. The third-order valence-corrected chi connectivity index (χ3v) is 7.38. The van der Waals surface area contributed by atoms with Crippen molar-refractivity contribution in [2.45, 2.75) is 31.2 Å². The minimum absolute atomic E-state index is 0.00950. The Kier molecular flexibility index (Phi) is 6.43. The number of rotatable bonds is 6. The van der Waals surface area contributed by atoms with Gasteiger partial charge in [0.15, 0.2) is 5.82 Å². The first-order valence-corrected chi connectivity index (χ1v) is 13.0. The van der Waals surface area contributed by atoms with Crippen molar-refractivity contribution in [3.05, 3.63) is 88.9 Å². The van der Waals surface area contributed by atoms with Gasteiger partial charge in [-0.1, -0.05) is 24.3 Å². The van der Waals surface area contributed by atoms with Crippen molar-refractivity contribution in [1.29, 1.82) is 0 Å². The molecule has 0 saturated carbocycles. The van der Waals surface area contributed by atoms with Crippen molar-refractivity contribution in [2.75, 3.05) is 25.4 Å². The Morgan fingerprint density at radius 2 is 1.84 bits per heavy atom. The largest absolute Gasteiger partial charge is 0.457 e. The SMILES string of the molecule is Nc1n[nH]c(=O)c2c([C@@H]3CCCN(C(=O)/C=C/[C@H]4CCN4)C3)cn(-c3ccc(Oc4ccccc4)cc3)c12. The number of ether oxygens (including phenoxy) is 1. The van der Waals surface area contributed by atoms with Crippen LogP contribution in [-0.4, -0.2) is 51.2 Å². The van der Waals surface area contributed by atoms with Crippen LogP contribution in [0.5, 0.6) is 11.5 Å². The molecule has 1 amide bonds. The van der Waals surface area contributed by atoms with Gasteiger partial charge in [0.05, 0.1) is 5.39 Å². The summed E-state index contributed by atoms with van der Waals surface area (Å²) in [5, 5.41) is 10.4. The molecular formula is C29H30N6O3. The third-order valence-electron chi connectivity index (χ3n) is 7.38. The van der Waals surface area contributed by atoms with E-state index < -0.39 is 0 Å². The lowest BCUT2D eigenvalue weighted by Crippen LogP contribution is -2.42. The van der Waals surface area contributed by atoms with Gasteiger partial charge in [-0.3, -0.25) is 9.59 Å². The standard InChI is InChI=1S/C29H30N6O3/c30-28-27-26(29(37)33-32-28)24(19-5-4-16-34(17-19)25(36)13-8-20-14-15-31-20)18-35(27)21-9-11-23(12-10-21)38-22-6-2-1-3-7-22/h1-3,6-13,18-20,31H,4-5,14-17H2,(H2,30,32)(H,33,37)/b13-8+/t19-,20+/m1/s1. The van der Waals surface area contributed by atoms with E-state index in [-0.39, 0.29) is 29.2 Å². The number of carbonyl (C=O) groups is 1. The van der Waals surface area contributed by atoms with Crippen molar-refractivity contribution in [2.24, 2.45) is 0 Å². The van der Waals surface area contributed by atoms with Gasteiger partial charge in [0.25, 0.3) is 5.56 Å². The number of fused-ring (bicyclic) bond motifs is 1. The molecule has 2 aromatic carbocycles. The van der Waals surface area contributed by atoms with Crippen molar-refractivity contribution >= 4 is 22.6 Å². The lowest BCUT2D eigenvalue weighted by atomic mass is 9.90. The number of aromatic amines is 1. The predicted molar refractivity (Wildman–Crippen MR) is 147 cm³/mol. The highest BCUT2D eigenvalue weighted by Crippen LogP contribution is 2.35. The average Bonchev–Trinajstić information content (AvgIpc) is 3.33. The molecule has 38 heavy (non-hydrogen) atoms. The number of nitrogens with one attached hydrogen (secondary N) is 2. The average molecular weight is 511 g/mol. The molecule has 4 heterocycles. The molecule has 6 rings (SSSR count). The first-order valence-electron chi connectivity index (χ1n) is 13.0. The van der Waals surface area contributed by atoms with E-state index in [9.17, 15) is 9.59 Å². The van der Waals surface area contributed by atoms with Crippen molar-refractivity contribution in [3.8, 4) is 17.2 Å². The normalized spacial score (nSPS) is 19.5. The van der Waals surface area contributed by atoms with Gasteiger partial charge in [-0.15, -0.1) is 0 Å².